The molecule has 6 heteroatoms. The van der Waals surface area contributed by atoms with Crippen LogP contribution in [0.2, 0.25) is 0 Å². The highest BCUT2D eigenvalue weighted by Gasteiger charge is 2.19. The van der Waals surface area contributed by atoms with Gasteiger partial charge in [-0.1, -0.05) is 269 Å². The molecule has 0 heterocycles. The topological polar surface area (TPSA) is 78.9 Å². The zero-order valence-electron chi connectivity index (χ0n) is 52.9. The van der Waals surface area contributed by atoms with Crippen LogP contribution in [0.1, 0.15) is 284 Å². The normalized spacial score (nSPS) is 13.2. The molecule has 0 aromatic heterocycles. The lowest BCUT2D eigenvalue weighted by Crippen LogP contribution is -2.30. The van der Waals surface area contributed by atoms with Gasteiger partial charge in [-0.2, -0.15) is 0 Å². The fraction of sp³-hybridized carbons (Fsp3) is 0.618. The number of carbonyl (C=O) groups excluding carboxylic acids is 3. The van der Waals surface area contributed by atoms with Crippen molar-refractivity contribution < 1.29 is 28.6 Å². The molecule has 0 aromatic carbocycles. The van der Waals surface area contributed by atoms with Gasteiger partial charge in [0.1, 0.15) is 13.2 Å². The minimum absolute atomic E-state index is 0.101. The molecule has 0 bridgehead atoms. The van der Waals surface area contributed by atoms with Crippen molar-refractivity contribution in [1.82, 2.24) is 0 Å². The number of carbonyl (C=O) groups is 3. The minimum atomic E-state index is -0.807. The second-order valence-electron chi connectivity index (χ2n) is 21.6. The third kappa shape index (κ3) is 65.8. The number of rotatable bonds is 59. The SMILES string of the molecule is CC/C=C\C/C=C\C/C=C\C/C=C\C/C=C\C/C=C\C/C=C\C/C=C\C/C=C\C/C=C\CCCCCCC(=O)OCC(COC(=O)CCCCCCC/C=C\CCCCCCC)OC(=O)CCCCCCC/C=C\C/C=C\CCCCC. The lowest BCUT2D eigenvalue weighted by molar-refractivity contribution is -0.167. The molecule has 1 atom stereocenters. The number of esters is 3. The monoisotopic (exact) mass is 1130 g/mol. The lowest BCUT2D eigenvalue weighted by atomic mass is 10.1. The third-order valence-corrected chi connectivity index (χ3v) is 13.7. The molecule has 0 rings (SSSR count). The van der Waals surface area contributed by atoms with Crippen molar-refractivity contribution >= 4 is 17.9 Å². The van der Waals surface area contributed by atoms with Crippen molar-refractivity contribution in [3.05, 3.63) is 158 Å². The Morgan fingerprint density at radius 2 is 0.476 bits per heavy atom. The Morgan fingerprint density at radius 3 is 0.780 bits per heavy atom. The number of hydrogen-bond acceptors (Lipinski definition) is 6. The standard InChI is InChI=1S/C76H122O6/c1-4-7-10-13-16-19-22-25-28-29-30-31-32-33-34-35-36-37-38-39-40-41-42-43-44-45-46-47-49-51-54-57-60-63-66-69-75(78)81-72-73(71-80-74(77)68-65-62-59-56-53-50-27-24-21-18-15-12-9-6-3)82-76(79)70-67-64-61-58-55-52-48-26-23-20-17-14-11-8-5-2/h7,10,16-17,19-20,24-28,30-31,33-34,36-37,39-40,42-43,45-46,48-49,51,73H,4-6,8-9,11-15,18,21-23,29,32,35,38,41,44,47,50,52-72H2,1-3H3/b10-7-,19-16-,20-17-,27-24-,28-25-,31-30-,34-33-,37-36-,40-39-,43-42-,46-45-,48-26-,51-49-. The molecule has 0 saturated heterocycles. The fourth-order valence-corrected chi connectivity index (χ4v) is 8.73. The summed E-state index contributed by atoms with van der Waals surface area (Å²) in [5, 5.41) is 0. The summed E-state index contributed by atoms with van der Waals surface area (Å²) in [5.41, 5.74) is 0. The predicted molar refractivity (Wildman–Crippen MR) is 357 cm³/mol. The van der Waals surface area contributed by atoms with Gasteiger partial charge in [-0.05, 0) is 154 Å². The van der Waals surface area contributed by atoms with Gasteiger partial charge in [0.15, 0.2) is 6.10 Å². The summed E-state index contributed by atoms with van der Waals surface area (Å²) in [7, 11) is 0. The summed E-state index contributed by atoms with van der Waals surface area (Å²) in [5.74, 6) is -0.950. The molecular formula is C76H122O6. The molecule has 0 amide bonds. The second-order valence-corrected chi connectivity index (χ2v) is 21.6. The zero-order valence-corrected chi connectivity index (χ0v) is 52.9. The molecule has 0 fully saturated rings. The summed E-state index contributed by atoms with van der Waals surface area (Å²) in [6, 6.07) is 0. The Hall–Kier alpha value is -4.97. The van der Waals surface area contributed by atoms with Gasteiger partial charge in [-0.25, -0.2) is 0 Å². The molecule has 0 N–H and O–H groups in total. The predicted octanol–water partition coefficient (Wildman–Crippen LogP) is 23.3. The molecule has 6 nitrogen and oxygen atoms in total. The van der Waals surface area contributed by atoms with Crippen LogP contribution in [0.25, 0.3) is 0 Å². The summed E-state index contributed by atoms with van der Waals surface area (Å²) >= 11 is 0. The highest BCUT2D eigenvalue weighted by atomic mass is 16.6. The van der Waals surface area contributed by atoms with Crippen molar-refractivity contribution in [2.24, 2.45) is 0 Å². The van der Waals surface area contributed by atoms with Gasteiger partial charge in [0.05, 0.1) is 0 Å². The van der Waals surface area contributed by atoms with Crippen LogP contribution >= 0.6 is 0 Å². The average Bonchev–Trinajstić information content (AvgIpc) is 3.48. The first-order valence-corrected chi connectivity index (χ1v) is 33.5. The number of allylic oxidation sites excluding steroid dienone is 26. The quantitative estimate of drug-likeness (QED) is 0.0261. The maximum absolute atomic E-state index is 12.9. The smallest absolute Gasteiger partial charge is 0.306 e. The maximum Gasteiger partial charge on any atom is 0.306 e. The summed E-state index contributed by atoms with van der Waals surface area (Å²) in [4.78, 5) is 38.3. The fourth-order valence-electron chi connectivity index (χ4n) is 8.73. The van der Waals surface area contributed by atoms with E-state index in [2.05, 4.69) is 179 Å². The van der Waals surface area contributed by atoms with Crippen LogP contribution in [-0.4, -0.2) is 37.2 Å². The van der Waals surface area contributed by atoms with E-state index < -0.39 is 6.10 Å². The molecule has 0 spiro atoms. The Morgan fingerprint density at radius 1 is 0.256 bits per heavy atom. The van der Waals surface area contributed by atoms with Gasteiger partial charge in [0, 0.05) is 19.3 Å². The van der Waals surface area contributed by atoms with E-state index in [1.54, 1.807) is 0 Å². The molecule has 0 radical (unpaired) electrons. The van der Waals surface area contributed by atoms with Gasteiger partial charge in [0.25, 0.3) is 0 Å². The molecule has 0 aromatic rings. The van der Waals surface area contributed by atoms with E-state index in [0.717, 1.165) is 173 Å². The zero-order chi connectivity index (χ0) is 59.2. The Labute approximate surface area is 505 Å². The van der Waals surface area contributed by atoms with Gasteiger partial charge in [0.2, 0.25) is 0 Å². The largest absolute Gasteiger partial charge is 0.462 e. The van der Waals surface area contributed by atoms with Crippen LogP contribution in [-0.2, 0) is 28.6 Å². The number of ether oxygens (including phenoxy) is 3. The first-order valence-electron chi connectivity index (χ1n) is 33.5. The van der Waals surface area contributed by atoms with E-state index >= 15 is 0 Å². The van der Waals surface area contributed by atoms with Gasteiger partial charge < -0.3 is 14.2 Å². The molecule has 462 valence electrons. The summed E-state index contributed by atoms with van der Waals surface area (Å²) in [6.07, 6.45) is 99.7. The van der Waals surface area contributed by atoms with Gasteiger partial charge in [-0.3, -0.25) is 14.4 Å². The van der Waals surface area contributed by atoms with Gasteiger partial charge in [-0.15, -0.1) is 0 Å². The molecule has 0 aliphatic carbocycles. The number of hydrogen-bond donors (Lipinski definition) is 0. The molecule has 82 heavy (non-hydrogen) atoms. The Balaban J connectivity index is 4.35. The van der Waals surface area contributed by atoms with Crippen LogP contribution in [0.5, 0.6) is 0 Å². The molecule has 1 unspecified atom stereocenters. The lowest BCUT2D eigenvalue weighted by Gasteiger charge is -2.18. The minimum Gasteiger partial charge on any atom is -0.462 e. The van der Waals surface area contributed by atoms with Crippen molar-refractivity contribution in [3.8, 4) is 0 Å². The first-order chi connectivity index (χ1) is 40.5. The van der Waals surface area contributed by atoms with Crippen molar-refractivity contribution in [2.45, 2.75) is 290 Å². The van der Waals surface area contributed by atoms with Crippen molar-refractivity contribution in [3.63, 3.8) is 0 Å². The Kier molecular flexibility index (Phi) is 64.4. The summed E-state index contributed by atoms with van der Waals surface area (Å²) in [6.45, 7) is 6.45. The average molecular weight is 1130 g/mol. The third-order valence-electron chi connectivity index (χ3n) is 13.7. The van der Waals surface area contributed by atoms with E-state index in [-0.39, 0.29) is 31.1 Å². The van der Waals surface area contributed by atoms with Crippen LogP contribution in [0.15, 0.2) is 158 Å². The Bertz CT molecular complexity index is 1830. The molecule has 0 saturated carbocycles. The van der Waals surface area contributed by atoms with Crippen molar-refractivity contribution in [2.75, 3.05) is 13.2 Å². The maximum atomic E-state index is 12.9. The van der Waals surface area contributed by atoms with E-state index in [1.807, 2.05) is 0 Å². The van der Waals surface area contributed by atoms with Crippen LogP contribution in [0.3, 0.4) is 0 Å². The highest BCUT2D eigenvalue weighted by Crippen LogP contribution is 2.14. The van der Waals surface area contributed by atoms with Gasteiger partial charge >= 0.3 is 17.9 Å². The van der Waals surface area contributed by atoms with E-state index in [1.165, 1.54) is 70.6 Å². The second kappa shape index (κ2) is 68.5. The van der Waals surface area contributed by atoms with E-state index in [0.29, 0.717) is 19.3 Å². The van der Waals surface area contributed by atoms with E-state index in [9.17, 15) is 14.4 Å². The van der Waals surface area contributed by atoms with Crippen molar-refractivity contribution in [1.29, 1.82) is 0 Å². The van der Waals surface area contributed by atoms with Crippen LogP contribution in [0.4, 0.5) is 0 Å². The van der Waals surface area contributed by atoms with E-state index in [4.69, 9.17) is 14.2 Å². The first kappa shape index (κ1) is 77.0. The highest BCUT2D eigenvalue weighted by molar-refractivity contribution is 5.71. The van der Waals surface area contributed by atoms with Crippen LogP contribution < -0.4 is 0 Å². The molecule has 0 aliphatic rings. The molecule has 0 aliphatic heterocycles. The molecular weight excluding hydrogens is 1010 g/mol. The van der Waals surface area contributed by atoms with Crippen LogP contribution in [0, 0.1) is 0 Å². The number of unbranched alkanes of at least 4 members (excludes halogenated alkanes) is 22. The summed E-state index contributed by atoms with van der Waals surface area (Å²) < 4.78 is 16.9.